The Bertz CT molecular complexity index is 597. The van der Waals surface area contributed by atoms with Crippen LogP contribution < -0.4 is 5.32 Å². The molecular weight excluding hydrogens is 370 g/mol. The molecule has 1 aliphatic rings. The maximum Gasteiger partial charge on any atom is 0.391 e. The lowest BCUT2D eigenvalue weighted by atomic mass is 9.77. The average Bonchev–Trinajstić information content (AvgIpc) is 2.52. The van der Waals surface area contributed by atoms with Gasteiger partial charge >= 0.3 is 12.4 Å². The molecule has 2 atom stereocenters. The highest BCUT2D eigenvalue weighted by atomic mass is 32.2. The number of rotatable bonds is 3. The zero-order valence-electron chi connectivity index (χ0n) is 13.1. The van der Waals surface area contributed by atoms with Crippen molar-refractivity contribution in [1.29, 1.82) is 0 Å². The molecule has 0 saturated heterocycles. The van der Waals surface area contributed by atoms with Crippen LogP contribution in [0.4, 0.5) is 26.3 Å². The van der Waals surface area contributed by atoms with Crippen LogP contribution in [0, 0.1) is 11.8 Å². The third-order valence-corrected chi connectivity index (χ3v) is 4.89. The summed E-state index contributed by atoms with van der Waals surface area (Å²) in [6, 6.07) is 1.71. The number of amides is 1. The molecule has 10 heteroatoms. The molecule has 1 heterocycles. The van der Waals surface area contributed by atoms with Gasteiger partial charge in [0, 0.05) is 12.2 Å². The van der Waals surface area contributed by atoms with Crippen molar-refractivity contribution in [3.05, 3.63) is 23.9 Å². The second-order valence-electron chi connectivity index (χ2n) is 5.91. The molecule has 2 rings (SSSR count). The number of hydrogen-bond acceptors (Lipinski definition) is 3. The standard InChI is InChI=1S/C15H16F6N2OS/c1-25-13-11(3-2-4-22-13)12(24)23-10-6-8(14(16,17)18)5-9(7-10)15(19,20)21/h2-4,8-10H,5-7H2,1H3,(H,23,24)/t8-,9-/m1/s1. The van der Waals surface area contributed by atoms with E-state index in [0.717, 1.165) is 11.8 Å². The number of nitrogens with zero attached hydrogens (tertiary/aromatic N) is 1. The molecule has 3 nitrogen and oxygen atoms in total. The Labute approximate surface area is 144 Å². The molecule has 25 heavy (non-hydrogen) atoms. The number of alkyl halides is 6. The van der Waals surface area contributed by atoms with Gasteiger partial charge < -0.3 is 5.32 Å². The van der Waals surface area contributed by atoms with Crippen molar-refractivity contribution in [1.82, 2.24) is 10.3 Å². The van der Waals surface area contributed by atoms with E-state index in [1.807, 2.05) is 0 Å². The Morgan fingerprint density at radius 2 is 1.68 bits per heavy atom. The third kappa shape index (κ3) is 5.02. The first-order chi connectivity index (χ1) is 11.5. The summed E-state index contributed by atoms with van der Waals surface area (Å²) in [5.41, 5.74) is 0.132. The van der Waals surface area contributed by atoms with Gasteiger partial charge in [0.05, 0.1) is 17.4 Å². The zero-order valence-corrected chi connectivity index (χ0v) is 13.9. The van der Waals surface area contributed by atoms with E-state index in [1.165, 1.54) is 18.3 Å². The normalized spacial score (nSPS) is 24.8. The fourth-order valence-electron chi connectivity index (χ4n) is 2.96. The number of pyridine rings is 1. The summed E-state index contributed by atoms with van der Waals surface area (Å²) in [7, 11) is 0. The van der Waals surface area contributed by atoms with Gasteiger partial charge in [0.25, 0.3) is 5.91 Å². The number of carbonyl (C=O) groups excluding carboxylic acids is 1. The molecule has 0 spiro atoms. The molecule has 1 fully saturated rings. The number of thioether (sulfide) groups is 1. The van der Waals surface area contributed by atoms with Crippen LogP contribution >= 0.6 is 11.8 Å². The molecule has 0 radical (unpaired) electrons. The van der Waals surface area contributed by atoms with Gasteiger partial charge in [-0.1, -0.05) is 0 Å². The van der Waals surface area contributed by atoms with Crippen molar-refractivity contribution in [2.24, 2.45) is 11.8 Å². The van der Waals surface area contributed by atoms with Crippen LogP contribution in [0.15, 0.2) is 23.4 Å². The second kappa shape index (κ2) is 7.43. The lowest BCUT2D eigenvalue weighted by molar-refractivity contribution is -0.225. The number of aromatic nitrogens is 1. The highest BCUT2D eigenvalue weighted by molar-refractivity contribution is 7.98. The lowest BCUT2D eigenvalue weighted by Gasteiger charge is -2.37. The number of halogens is 6. The first kappa shape index (κ1) is 19.9. The molecule has 0 bridgehead atoms. The predicted molar refractivity (Wildman–Crippen MR) is 80.2 cm³/mol. The summed E-state index contributed by atoms with van der Waals surface area (Å²) in [6.07, 6.45) is -8.46. The number of hydrogen-bond donors (Lipinski definition) is 1. The molecule has 0 aliphatic heterocycles. The fourth-order valence-corrected chi connectivity index (χ4v) is 3.51. The first-order valence-corrected chi connectivity index (χ1v) is 8.68. The van der Waals surface area contributed by atoms with Gasteiger partial charge in [-0.25, -0.2) is 4.98 Å². The van der Waals surface area contributed by atoms with Crippen molar-refractivity contribution in [2.45, 2.75) is 42.7 Å². The molecule has 1 N–H and O–H groups in total. The molecule has 140 valence electrons. The van der Waals surface area contributed by atoms with Gasteiger partial charge in [0.2, 0.25) is 0 Å². The van der Waals surface area contributed by atoms with Crippen LogP contribution in [0.25, 0.3) is 0 Å². The van der Waals surface area contributed by atoms with Gasteiger partial charge in [0.1, 0.15) is 5.03 Å². The maximum absolute atomic E-state index is 13.0. The van der Waals surface area contributed by atoms with Gasteiger partial charge in [0.15, 0.2) is 0 Å². The Morgan fingerprint density at radius 3 is 2.16 bits per heavy atom. The SMILES string of the molecule is CSc1ncccc1C(=O)NC1C[C@H](C(F)(F)F)C[C@@H](C(F)(F)F)C1. The highest BCUT2D eigenvalue weighted by Gasteiger charge is 2.52. The number of carbonyl (C=O) groups is 1. The molecule has 1 aromatic rings. The summed E-state index contributed by atoms with van der Waals surface area (Å²) < 4.78 is 77.8. The van der Waals surface area contributed by atoms with Crippen LogP contribution in [-0.2, 0) is 0 Å². The molecule has 0 unspecified atom stereocenters. The van der Waals surface area contributed by atoms with Gasteiger partial charge in [-0.3, -0.25) is 4.79 Å². The van der Waals surface area contributed by atoms with Crippen LogP contribution in [0.2, 0.25) is 0 Å². The smallest absolute Gasteiger partial charge is 0.349 e. The van der Waals surface area contributed by atoms with Crippen molar-refractivity contribution < 1.29 is 31.1 Å². The minimum absolute atomic E-state index is 0.132. The van der Waals surface area contributed by atoms with E-state index in [-0.39, 0.29) is 5.56 Å². The molecular formula is C15H16F6N2OS. The Hall–Kier alpha value is -1.45. The third-order valence-electron chi connectivity index (χ3n) is 4.18. The van der Waals surface area contributed by atoms with Crippen molar-refractivity contribution in [3.63, 3.8) is 0 Å². The van der Waals surface area contributed by atoms with E-state index < -0.39 is 55.4 Å². The average molecular weight is 386 g/mol. The van der Waals surface area contributed by atoms with E-state index in [2.05, 4.69) is 10.3 Å². The second-order valence-corrected chi connectivity index (χ2v) is 6.71. The van der Waals surface area contributed by atoms with Crippen LogP contribution in [0.3, 0.4) is 0 Å². The Morgan fingerprint density at radius 1 is 1.12 bits per heavy atom. The first-order valence-electron chi connectivity index (χ1n) is 7.45. The minimum atomic E-state index is -4.73. The van der Waals surface area contributed by atoms with Crippen LogP contribution in [0.5, 0.6) is 0 Å². The largest absolute Gasteiger partial charge is 0.391 e. The van der Waals surface area contributed by atoms with Crippen LogP contribution in [0.1, 0.15) is 29.6 Å². The zero-order chi connectivity index (χ0) is 18.8. The molecule has 1 aromatic heterocycles. The monoisotopic (exact) mass is 386 g/mol. The molecule has 1 saturated carbocycles. The predicted octanol–water partition coefficient (Wildman–Crippen LogP) is 4.44. The summed E-state index contributed by atoms with van der Waals surface area (Å²) in [5, 5.41) is 2.68. The summed E-state index contributed by atoms with van der Waals surface area (Å²) in [6.45, 7) is 0. The minimum Gasteiger partial charge on any atom is -0.349 e. The van der Waals surface area contributed by atoms with Crippen molar-refractivity contribution in [3.8, 4) is 0 Å². The van der Waals surface area contributed by atoms with Gasteiger partial charge in [-0.05, 0) is 37.7 Å². The summed E-state index contributed by atoms with van der Waals surface area (Å²) >= 11 is 1.16. The molecule has 0 aromatic carbocycles. The molecule has 1 aliphatic carbocycles. The van der Waals surface area contributed by atoms with Crippen molar-refractivity contribution >= 4 is 17.7 Å². The van der Waals surface area contributed by atoms with Gasteiger partial charge in [-0.15, -0.1) is 11.8 Å². The van der Waals surface area contributed by atoms with Gasteiger partial charge in [-0.2, -0.15) is 26.3 Å². The fraction of sp³-hybridized carbons (Fsp3) is 0.600. The number of nitrogens with one attached hydrogen (secondary N) is 1. The Kier molecular flexibility index (Phi) is 5.90. The van der Waals surface area contributed by atoms with E-state index in [9.17, 15) is 31.1 Å². The topological polar surface area (TPSA) is 42.0 Å². The van der Waals surface area contributed by atoms with E-state index >= 15 is 0 Å². The van der Waals surface area contributed by atoms with E-state index in [0.29, 0.717) is 5.03 Å². The van der Waals surface area contributed by atoms with Crippen molar-refractivity contribution in [2.75, 3.05) is 6.26 Å². The van der Waals surface area contributed by atoms with E-state index in [4.69, 9.17) is 0 Å². The quantitative estimate of drug-likeness (QED) is 0.617. The lowest BCUT2D eigenvalue weighted by Crippen LogP contribution is -2.47. The van der Waals surface area contributed by atoms with Crippen LogP contribution in [-0.4, -0.2) is 35.5 Å². The highest BCUT2D eigenvalue weighted by Crippen LogP contribution is 2.45. The maximum atomic E-state index is 13.0. The van der Waals surface area contributed by atoms with E-state index in [1.54, 1.807) is 6.26 Å². The molecule has 1 amide bonds. The summed E-state index contributed by atoms with van der Waals surface area (Å²) in [5.74, 6) is -4.90. The summed E-state index contributed by atoms with van der Waals surface area (Å²) in [4.78, 5) is 16.2. The Balaban J connectivity index is 2.17.